The molecule has 138 valence electrons. The molecule has 1 aromatic carbocycles. The first-order valence-corrected chi connectivity index (χ1v) is 9.61. The summed E-state index contributed by atoms with van der Waals surface area (Å²) in [5, 5.41) is 6.97. The number of carbonyl (C=O) groups is 2. The van der Waals surface area contributed by atoms with E-state index in [2.05, 4.69) is 10.5 Å². The van der Waals surface area contributed by atoms with Crippen LogP contribution in [0.25, 0.3) is 0 Å². The lowest BCUT2D eigenvalue weighted by Crippen LogP contribution is -2.53. The fourth-order valence-electron chi connectivity index (χ4n) is 2.93. The second-order valence-electron chi connectivity index (χ2n) is 6.59. The molecule has 1 aliphatic rings. The number of carbonyl (C=O) groups excluding carboxylic acids is 2. The lowest BCUT2D eigenvalue weighted by Gasteiger charge is -2.38. The molecule has 26 heavy (non-hydrogen) atoms. The van der Waals surface area contributed by atoms with E-state index in [0.717, 1.165) is 35.0 Å². The smallest absolute Gasteiger partial charge is 0.252 e. The Hall–Kier alpha value is -2.28. The van der Waals surface area contributed by atoms with Gasteiger partial charge < -0.3 is 14.7 Å². The molecule has 7 heteroatoms. The number of nitrogens with one attached hydrogen (secondary N) is 1. The first kappa shape index (κ1) is 18.5. The minimum absolute atomic E-state index is 0.0758. The SMILES string of the molecule is CC(=O)N1CC(CNC(=O)c2ccccc2SCc2c(C)noc2C)C1. The number of likely N-dealkylation sites (tertiary alicyclic amines) is 1. The van der Waals surface area contributed by atoms with Crippen molar-refractivity contribution in [1.82, 2.24) is 15.4 Å². The van der Waals surface area contributed by atoms with E-state index in [1.807, 2.05) is 38.1 Å². The van der Waals surface area contributed by atoms with Gasteiger partial charge in [0.15, 0.2) is 0 Å². The Kier molecular flexibility index (Phi) is 5.66. The van der Waals surface area contributed by atoms with Crippen molar-refractivity contribution in [2.45, 2.75) is 31.4 Å². The summed E-state index contributed by atoms with van der Waals surface area (Å²) in [6, 6.07) is 7.60. The highest BCUT2D eigenvalue weighted by atomic mass is 32.2. The maximum absolute atomic E-state index is 12.6. The molecule has 0 unspecified atom stereocenters. The van der Waals surface area contributed by atoms with Crippen LogP contribution in [-0.2, 0) is 10.5 Å². The number of thioether (sulfide) groups is 1. The Balaban J connectivity index is 1.58. The third-order valence-electron chi connectivity index (χ3n) is 4.64. The van der Waals surface area contributed by atoms with Crippen molar-refractivity contribution < 1.29 is 14.1 Å². The average Bonchev–Trinajstić information content (AvgIpc) is 2.89. The monoisotopic (exact) mass is 373 g/mol. The number of amides is 2. The lowest BCUT2D eigenvalue weighted by molar-refractivity contribution is -0.134. The van der Waals surface area contributed by atoms with Gasteiger partial charge in [0.25, 0.3) is 5.91 Å². The summed E-state index contributed by atoms with van der Waals surface area (Å²) in [7, 11) is 0. The number of benzene rings is 1. The first-order valence-electron chi connectivity index (χ1n) is 8.63. The fourth-order valence-corrected chi connectivity index (χ4v) is 4.13. The van der Waals surface area contributed by atoms with E-state index in [-0.39, 0.29) is 11.8 Å². The summed E-state index contributed by atoms with van der Waals surface area (Å²) >= 11 is 1.61. The van der Waals surface area contributed by atoms with Crippen molar-refractivity contribution in [3.8, 4) is 0 Å². The Morgan fingerprint density at radius 1 is 1.31 bits per heavy atom. The number of rotatable bonds is 6. The van der Waals surface area contributed by atoms with Crippen LogP contribution in [0.4, 0.5) is 0 Å². The normalized spacial score (nSPS) is 14.2. The van der Waals surface area contributed by atoms with Crippen LogP contribution in [0.5, 0.6) is 0 Å². The second-order valence-corrected chi connectivity index (χ2v) is 7.60. The van der Waals surface area contributed by atoms with Gasteiger partial charge >= 0.3 is 0 Å². The largest absolute Gasteiger partial charge is 0.361 e. The van der Waals surface area contributed by atoms with Crippen LogP contribution in [0.3, 0.4) is 0 Å². The zero-order chi connectivity index (χ0) is 18.7. The molecule has 2 heterocycles. The number of nitrogens with zero attached hydrogens (tertiary/aromatic N) is 2. The van der Waals surface area contributed by atoms with Gasteiger partial charge in [-0.1, -0.05) is 17.3 Å². The standard InChI is InChI=1S/C19H23N3O3S/c1-12-17(13(2)25-21-12)11-26-18-7-5-4-6-16(18)19(24)20-8-15-9-22(10-15)14(3)23/h4-7,15H,8-11H2,1-3H3,(H,20,24). The van der Waals surface area contributed by atoms with Gasteiger partial charge in [0.2, 0.25) is 5.91 Å². The van der Waals surface area contributed by atoms with Gasteiger partial charge in [0.1, 0.15) is 5.76 Å². The van der Waals surface area contributed by atoms with E-state index >= 15 is 0 Å². The van der Waals surface area contributed by atoms with E-state index in [4.69, 9.17) is 4.52 Å². The predicted octanol–water partition coefficient (Wildman–Crippen LogP) is 2.79. The summed E-state index contributed by atoms with van der Waals surface area (Å²) in [5.41, 5.74) is 2.63. The second kappa shape index (κ2) is 7.95. The fraction of sp³-hybridized carbons (Fsp3) is 0.421. The van der Waals surface area contributed by atoms with Gasteiger partial charge in [0.05, 0.1) is 11.3 Å². The minimum Gasteiger partial charge on any atom is -0.361 e. The van der Waals surface area contributed by atoms with Gasteiger partial charge in [-0.3, -0.25) is 9.59 Å². The molecule has 0 aliphatic carbocycles. The molecule has 1 N–H and O–H groups in total. The number of aryl methyl sites for hydroxylation is 2. The zero-order valence-corrected chi connectivity index (χ0v) is 16.1. The van der Waals surface area contributed by atoms with E-state index in [9.17, 15) is 9.59 Å². The van der Waals surface area contributed by atoms with E-state index in [1.165, 1.54) is 0 Å². The van der Waals surface area contributed by atoms with Crippen LogP contribution >= 0.6 is 11.8 Å². The number of hydrogen-bond donors (Lipinski definition) is 1. The molecule has 1 fully saturated rings. The molecule has 0 atom stereocenters. The first-order chi connectivity index (χ1) is 12.5. The predicted molar refractivity (Wildman–Crippen MR) is 100 cm³/mol. The zero-order valence-electron chi connectivity index (χ0n) is 15.2. The van der Waals surface area contributed by atoms with Gasteiger partial charge in [0, 0.05) is 48.7 Å². The molecular weight excluding hydrogens is 350 g/mol. The molecule has 6 nitrogen and oxygen atoms in total. The molecule has 1 aliphatic heterocycles. The molecule has 2 aromatic rings. The molecule has 3 rings (SSSR count). The van der Waals surface area contributed by atoms with Crippen LogP contribution in [0.2, 0.25) is 0 Å². The number of hydrogen-bond acceptors (Lipinski definition) is 5. The van der Waals surface area contributed by atoms with Gasteiger partial charge in [-0.25, -0.2) is 0 Å². The molecule has 0 bridgehead atoms. The summed E-state index contributed by atoms with van der Waals surface area (Å²) in [4.78, 5) is 26.5. The van der Waals surface area contributed by atoms with Crippen LogP contribution in [0.1, 0.15) is 34.3 Å². The molecule has 1 saturated heterocycles. The molecule has 1 aromatic heterocycles. The summed E-state index contributed by atoms with van der Waals surface area (Å²) in [6.45, 7) is 7.42. The summed E-state index contributed by atoms with van der Waals surface area (Å²) in [5.74, 6) is 1.88. The van der Waals surface area contributed by atoms with Crippen molar-refractivity contribution in [3.63, 3.8) is 0 Å². The topological polar surface area (TPSA) is 75.4 Å². The molecule has 0 radical (unpaired) electrons. The highest BCUT2D eigenvalue weighted by molar-refractivity contribution is 7.98. The third kappa shape index (κ3) is 4.09. The Labute approximate surface area is 157 Å². The van der Waals surface area contributed by atoms with Crippen molar-refractivity contribution in [2.75, 3.05) is 19.6 Å². The highest BCUT2D eigenvalue weighted by Gasteiger charge is 2.28. The van der Waals surface area contributed by atoms with Crippen molar-refractivity contribution in [1.29, 1.82) is 0 Å². The van der Waals surface area contributed by atoms with Gasteiger partial charge in [-0.05, 0) is 26.0 Å². The third-order valence-corrected chi connectivity index (χ3v) is 5.74. The average molecular weight is 373 g/mol. The summed E-state index contributed by atoms with van der Waals surface area (Å²) < 4.78 is 5.20. The number of aromatic nitrogens is 1. The maximum atomic E-state index is 12.6. The maximum Gasteiger partial charge on any atom is 0.252 e. The minimum atomic E-state index is -0.0758. The van der Waals surface area contributed by atoms with Gasteiger partial charge in [-0.15, -0.1) is 11.8 Å². The quantitative estimate of drug-likeness (QED) is 0.788. The van der Waals surface area contributed by atoms with Crippen LogP contribution in [-0.4, -0.2) is 41.5 Å². The Bertz CT molecular complexity index is 793. The van der Waals surface area contributed by atoms with Crippen LogP contribution < -0.4 is 5.32 Å². The van der Waals surface area contributed by atoms with Gasteiger partial charge in [-0.2, -0.15) is 0 Å². The molecule has 0 spiro atoms. The molecule has 0 saturated carbocycles. The van der Waals surface area contributed by atoms with E-state index in [1.54, 1.807) is 23.6 Å². The Morgan fingerprint density at radius 2 is 2.04 bits per heavy atom. The van der Waals surface area contributed by atoms with Crippen molar-refractivity contribution in [2.24, 2.45) is 5.92 Å². The molecule has 2 amide bonds. The van der Waals surface area contributed by atoms with E-state index < -0.39 is 0 Å². The van der Waals surface area contributed by atoms with Crippen molar-refractivity contribution in [3.05, 3.63) is 46.8 Å². The highest BCUT2D eigenvalue weighted by Crippen LogP contribution is 2.28. The Morgan fingerprint density at radius 3 is 2.69 bits per heavy atom. The van der Waals surface area contributed by atoms with Crippen LogP contribution in [0.15, 0.2) is 33.7 Å². The summed E-state index contributed by atoms with van der Waals surface area (Å²) in [6.07, 6.45) is 0. The molecular formula is C19H23N3O3S. The van der Waals surface area contributed by atoms with E-state index in [0.29, 0.717) is 23.8 Å². The van der Waals surface area contributed by atoms with Crippen molar-refractivity contribution >= 4 is 23.6 Å². The van der Waals surface area contributed by atoms with Crippen LogP contribution in [0, 0.1) is 19.8 Å². The lowest BCUT2D eigenvalue weighted by atomic mass is 10.00.